The second kappa shape index (κ2) is 6.08. The Morgan fingerprint density at radius 3 is 2.37 bits per heavy atom. The van der Waals surface area contributed by atoms with Crippen molar-refractivity contribution in [3.05, 3.63) is 23.8 Å². The van der Waals surface area contributed by atoms with Crippen LogP contribution < -0.4 is 22.1 Å². The lowest BCUT2D eigenvalue weighted by molar-refractivity contribution is -0.122. The van der Waals surface area contributed by atoms with Gasteiger partial charge in [0.2, 0.25) is 5.91 Å². The van der Waals surface area contributed by atoms with Gasteiger partial charge in [0.1, 0.15) is 6.04 Å². The molecule has 1 atom stereocenters. The van der Waals surface area contributed by atoms with Crippen molar-refractivity contribution in [1.29, 1.82) is 0 Å². The first-order chi connectivity index (χ1) is 8.82. The average molecular weight is 264 g/mol. The average Bonchev–Trinajstić information content (AvgIpc) is 2.30. The summed E-state index contributed by atoms with van der Waals surface area (Å²) < 4.78 is 0. The monoisotopic (exact) mass is 264 g/mol. The van der Waals surface area contributed by atoms with E-state index >= 15 is 0 Å². The number of nitrogens with one attached hydrogen (secondary N) is 2. The predicted molar refractivity (Wildman–Crippen MR) is 75.7 cm³/mol. The Balaban J connectivity index is 2.85. The van der Waals surface area contributed by atoms with Crippen LogP contribution >= 0.6 is 0 Å². The maximum Gasteiger partial charge on any atom is 0.250 e. The zero-order valence-corrected chi connectivity index (χ0v) is 11.4. The number of primary amides is 1. The van der Waals surface area contributed by atoms with Gasteiger partial charge in [-0.1, -0.05) is 6.07 Å². The maximum absolute atomic E-state index is 11.8. The molecular formula is C13H20N4O2. The van der Waals surface area contributed by atoms with Gasteiger partial charge in [-0.3, -0.25) is 9.59 Å². The molecule has 0 aromatic heterocycles. The normalized spacial score (nSPS) is 12.0. The summed E-state index contributed by atoms with van der Waals surface area (Å²) in [6, 6.07) is 4.49. The van der Waals surface area contributed by atoms with Gasteiger partial charge in [-0.15, -0.1) is 0 Å². The van der Waals surface area contributed by atoms with Crippen LogP contribution in [0.25, 0.3) is 0 Å². The van der Waals surface area contributed by atoms with Crippen LogP contribution in [0.2, 0.25) is 0 Å². The fourth-order valence-corrected chi connectivity index (χ4v) is 1.61. The molecule has 2 amide bonds. The lowest BCUT2D eigenvalue weighted by Crippen LogP contribution is -2.41. The molecule has 1 aromatic rings. The van der Waals surface area contributed by atoms with Crippen molar-refractivity contribution in [1.82, 2.24) is 5.32 Å². The number of anilines is 2. The Kier molecular flexibility index (Phi) is 4.74. The van der Waals surface area contributed by atoms with Gasteiger partial charge in [-0.25, -0.2) is 0 Å². The molecule has 6 N–H and O–H groups in total. The Bertz CT molecular complexity index is 486. The van der Waals surface area contributed by atoms with Crippen molar-refractivity contribution in [2.24, 2.45) is 5.73 Å². The molecule has 1 rings (SSSR count). The Labute approximate surface area is 112 Å². The molecule has 0 spiro atoms. The summed E-state index contributed by atoms with van der Waals surface area (Å²) in [5.74, 6) is -0.737. The summed E-state index contributed by atoms with van der Waals surface area (Å²) in [4.78, 5) is 23.0. The van der Waals surface area contributed by atoms with Crippen LogP contribution in [0, 0.1) is 0 Å². The molecule has 0 heterocycles. The van der Waals surface area contributed by atoms with Crippen molar-refractivity contribution < 1.29 is 9.59 Å². The minimum Gasteiger partial charge on any atom is -0.396 e. The zero-order chi connectivity index (χ0) is 14.6. The zero-order valence-electron chi connectivity index (χ0n) is 11.4. The highest BCUT2D eigenvalue weighted by Gasteiger charge is 2.16. The molecule has 1 aromatic carbocycles. The molecule has 0 bridgehead atoms. The van der Waals surface area contributed by atoms with E-state index in [-0.39, 0.29) is 23.2 Å². The van der Waals surface area contributed by atoms with Crippen LogP contribution in [-0.2, 0) is 4.79 Å². The molecule has 0 saturated carbocycles. The Morgan fingerprint density at radius 2 is 1.84 bits per heavy atom. The summed E-state index contributed by atoms with van der Waals surface area (Å²) >= 11 is 0. The van der Waals surface area contributed by atoms with Crippen molar-refractivity contribution >= 4 is 23.2 Å². The first-order valence-electron chi connectivity index (χ1n) is 6.08. The van der Waals surface area contributed by atoms with E-state index in [1.54, 1.807) is 25.1 Å². The number of hydrogen-bond acceptors (Lipinski definition) is 4. The first-order valence-corrected chi connectivity index (χ1v) is 6.08. The lowest BCUT2D eigenvalue weighted by Gasteiger charge is -2.18. The van der Waals surface area contributed by atoms with Crippen molar-refractivity contribution in [3.63, 3.8) is 0 Å². The second-order valence-electron chi connectivity index (χ2n) is 4.66. The van der Waals surface area contributed by atoms with E-state index in [2.05, 4.69) is 10.6 Å². The summed E-state index contributed by atoms with van der Waals surface area (Å²) in [7, 11) is 0. The minimum atomic E-state index is -0.597. The van der Waals surface area contributed by atoms with Gasteiger partial charge in [-0.05, 0) is 32.9 Å². The van der Waals surface area contributed by atoms with Crippen molar-refractivity contribution in [2.45, 2.75) is 32.9 Å². The van der Waals surface area contributed by atoms with E-state index in [9.17, 15) is 9.59 Å². The van der Waals surface area contributed by atoms with Gasteiger partial charge in [0.05, 0.1) is 16.9 Å². The molecule has 0 radical (unpaired) electrons. The van der Waals surface area contributed by atoms with E-state index < -0.39 is 11.9 Å². The third-order valence-corrected chi connectivity index (χ3v) is 2.57. The fourth-order valence-electron chi connectivity index (χ4n) is 1.61. The summed E-state index contributed by atoms with van der Waals surface area (Å²) in [6.07, 6.45) is 0. The minimum absolute atomic E-state index is 0.0612. The van der Waals surface area contributed by atoms with E-state index in [1.807, 2.05) is 13.8 Å². The van der Waals surface area contributed by atoms with E-state index in [0.29, 0.717) is 5.69 Å². The molecule has 0 saturated heterocycles. The third kappa shape index (κ3) is 3.87. The first kappa shape index (κ1) is 14.8. The highest BCUT2D eigenvalue weighted by molar-refractivity contribution is 6.01. The van der Waals surface area contributed by atoms with Crippen LogP contribution in [-0.4, -0.2) is 23.9 Å². The second-order valence-corrected chi connectivity index (χ2v) is 4.66. The smallest absolute Gasteiger partial charge is 0.250 e. The summed E-state index contributed by atoms with van der Waals surface area (Å²) in [5, 5.41) is 5.75. The van der Waals surface area contributed by atoms with E-state index in [4.69, 9.17) is 11.5 Å². The SMILES string of the molecule is CC(C)NC(=O)C(C)Nc1cccc(C(N)=O)c1N. The molecule has 0 aliphatic rings. The van der Waals surface area contributed by atoms with Gasteiger partial charge in [0.15, 0.2) is 0 Å². The number of nitrogens with two attached hydrogens (primary N) is 2. The van der Waals surface area contributed by atoms with Crippen LogP contribution in [0.1, 0.15) is 31.1 Å². The number of carbonyl (C=O) groups is 2. The number of rotatable bonds is 5. The highest BCUT2D eigenvalue weighted by atomic mass is 16.2. The molecule has 6 heteroatoms. The Morgan fingerprint density at radius 1 is 1.21 bits per heavy atom. The van der Waals surface area contributed by atoms with Crippen molar-refractivity contribution in [2.75, 3.05) is 11.1 Å². The molecule has 0 fully saturated rings. The number of amides is 2. The topological polar surface area (TPSA) is 110 Å². The summed E-state index contributed by atoms with van der Waals surface area (Å²) in [6.45, 7) is 5.48. The van der Waals surface area contributed by atoms with Gasteiger partial charge in [-0.2, -0.15) is 0 Å². The van der Waals surface area contributed by atoms with Crippen LogP contribution in [0.3, 0.4) is 0 Å². The van der Waals surface area contributed by atoms with Gasteiger partial charge in [0, 0.05) is 6.04 Å². The quantitative estimate of drug-likeness (QED) is 0.586. The number of hydrogen-bond donors (Lipinski definition) is 4. The Hall–Kier alpha value is -2.24. The largest absolute Gasteiger partial charge is 0.396 e. The molecule has 19 heavy (non-hydrogen) atoms. The molecule has 0 aliphatic carbocycles. The van der Waals surface area contributed by atoms with Gasteiger partial charge < -0.3 is 22.1 Å². The van der Waals surface area contributed by atoms with Crippen LogP contribution in [0.15, 0.2) is 18.2 Å². The van der Waals surface area contributed by atoms with Crippen LogP contribution in [0.4, 0.5) is 11.4 Å². The van der Waals surface area contributed by atoms with Crippen molar-refractivity contribution in [3.8, 4) is 0 Å². The molecule has 1 unspecified atom stereocenters. The highest BCUT2D eigenvalue weighted by Crippen LogP contribution is 2.23. The molecule has 104 valence electrons. The van der Waals surface area contributed by atoms with E-state index in [1.165, 1.54) is 0 Å². The number of benzene rings is 1. The summed E-state index contributed by atoms with van der Waals surface area (Å²) in [5.41, 5.74) is 12.1. The molecular weight excluding hydrogens is 244 g/mol. The third-order valence-electron chi connectivity index (χ3n) is 2.57. The number of nitrogen functional groups attached to an aromatic ring is 1. The number of carbonyl (C=O) groups excluding carboxylic acids is 2. The lowest BCUT2D eigenvalue weighted by atomic mass is 10.1. The molecule has 6 nitrogen and oxygen atoms in total. The van der Waals surface area contributed by atoms with Crippen LogP contribution in [0.5, 0.6) is 0 Å². The fraction of sp³-hybridized carbons (Fsp3) is 0.385. The standard InChI is InChI=1S/C13H20N4O2/c1-7(2)16-13(19)8(3)17-10-6-4-5-9(11(10)14)12(15)18/h4-8,17H,14H2,1-3H3,(H2,15,18)(H,16,19). The van der Waals surface area contributed by atoms with E-state index in [0.717, 1.165) is 0 Å². The maximum atomic E-state index is 11.8. The van der Waals surface area contributed by atoms with Gasteiger partial charge >= 0.3 is 0 Å². The predicted octanol–water partition coefficient (Wildman–Crippen LogP) is 0.693. The molecule has 0 aliphatic heterocycles. The number of para-hydroxylation sites is 1. The van der Waals surface area contributed by atoms with Gasteiger partial charge in [0.25, 0.3) is 5.91 Å².